The lowest BCUT2D eigenvalue weighted by Gasteiger charge is -2.17. The Bertz CT molecular complexity index is 693. The molecule has 1 fully saturated rings. The van der Waals surface area contributed by atoms with Gasteiger partial charge in [0, 0.05) is 42.0 Å². The molecule has 0 saturated carbocycles. The highest BCUT2D eigenvalue weighted by Crippen LogP contribution is 2.26. The van der Waals surface area contributed by atoms with E-state index in [0.717, 1.165) is 6.42 Å². The van der Waals surface area contributed by atoms with Crippen LogP contribution in [-0.2, 0) is 0 Å². The highest BCUT2D eigenvalue weighted by molar-refractivity contribution is 6.32. The van der Waals surface area contributed by atoms with Crippen molar-refractivity contribution in [1.29, 1.82) is 0 Å². The molecule has 0 spiro atoms. The SMILES string of the molecule is O=C(c1cccc(Cl)c1)N1CC[C@H](Oc2ccncc2Cl)C1. The topological polar surface area (TPSA) is 42.4 Å². The highest BCUT2D eigenvalue weighted by Gasteiger charge is 2.28. The highest BCUT2D eigenvalue weighted by atomic mass is 35.5. The minimum Gasteiger partial charge on any atom is -0.487 e. The summed E-state index contributed by atoms with van der Waals surface area (Å²) in [5, 5.41) is 1.03. The Morgan fingerprint density at radius 1 is 1.32 bits per heavy atom. The van der Waals surface area contributed by atoms with Crippen LogP contribution in [0.3, 0.4) is 0 Å². The molecule has 4 nitrogen and oxygen atoms in total. The van der Waals surface area contributed by atoms with Crippen molar-refractivity contribution in [3.05, 3.63) is 58.3 Å². The molecule has 1 amide bonds. The second-order valence-corrected chi connectivity index (χ2v) is 5.94. The summed E-state index contributed by atoms with van der Waals surface area (Å²) >= 11 is 12.0. The summed E-state index contributed by atoms with van der Waals surface area (Å²) in [6.07, 6.45) is 3.87. The van der Waals surface area contributed by atoms with Crippen LogP contribution < -0.4 is 4.74 Å². The first kappa shape index (κ1) is 15.1. The van der Waals surface area contributed by atoms with E-state index in [1.54, 1.807) is 47.6 Å². The van der Waals surface area contributed by atoms with Gasteiger partial charge in [0.25, 0.3) is 5.91 Å². The van der Waals surface area contributed by atoms with E-state index >= 15 is 0 Å². The van der Waals surface area contributed by atoms with Crippen molar-refractivity contribution in [2.75, 3.05) is 13.1 Å². The van der Waals surface area contributed by atoms with Gasteiger partial charge in [-0.25, -0.2) is 0 Å². The number of hydrogen-bond acceptors (Lipinski definition) is 3. The summed E-state index contributed by atoms with van der Waals surface area (Å²) in [6.45, 7) is 1.18. The zero-order valence-electron chi connectivity index (χ0n) is 11.7. The molecule has 2 aromatic rings. The molecule has 6 heteroatoms. The summed E-state index contributed by atoms with van der Waals surface area (Å²) in [4.78, 5) is 18.1. The van der Waals surface area contributed by atoms with E-state index in [9.17, 15) is 4.79 Å². The van der Waals surface area contributed by atoms with Gasteiger partial charge in [-0.3, -0.25) is 9.78 Å². The lowest BCUT2D eigenvalue weighted by molar-refractivity contribution is 0.0772. The molecule has 1 atom stereocenters. The summed E-state index contributed by atoms with van der Waals surface area (Å²) < 4.78 is 5.85. The maximum absolute atomic E-state index is 12.4. The van der Waals surface area contributed by atoms with Gasteiger partial charge in [0.1, 0.15) is 16.9 Å². The first-order chi connectivity index (χ1) is 10.6. The van der Waals surface area contributed by atoms with Crippen LogP contribution in [0.25, 0.3) is 0 Å². The lowest BCUT2D eigenvalue weighted by Crippen LogP contribution is -2.30. The van der Waals surface area contributed by atoms with Crippen molar-refractivity contribution in [1.82, 2.24) is 9.88 Å². The molecule has 1 aliphatic rings. The molecule has 1 aromatic carbocycles. The monoisotopic (exact) mass is 336 g/mol. The van der Waals surface area contributed by atoms with Gasteiger partial charge in [0.2, 0.25) is 0 Å². The van der Waals surface area contributed by atoms with Crippen molar-refractivity contribution in [2.24, 2.45) is 0 Å². The zero-order chi connectivity index (χ0) is 15.5. The van der Waals surface area contributed by atoms with Crippen LogP contribution in [0, 0.1) is 0 Å². The number of pyridine rings is 1. The molecule has 114 valence electrons. The van der Waals surface area contributed by atoms with Crippen LogP contribution >= 0.6 is 23.2 Å². The Morgan fingerprint density at radius 2 is 2.18 bits per heavy atom. The van der Waals surface area contributed by atoms with E-state index in [1.165, 1.54) is 0 Å². The lowest BCUT2D eigenvalue weighted by atomic mass is 10.2. The molecule has 1 aromatic heterocycles. The molecule has 0 bridgehead atoms. The van der Waals surface area contributed by atoms with E-state index in [0.29, 0.717) is 34.4 Å². The van der Waals surface area contributed by atoms with Gasteiger partial charge in [-0.1, -0.05) is 29.3 Å². The number of carbonyl (C=O) groups excluding carboxylic acids is 1. The second kappa shape index (κ2) is 6.55. The normalized spacial score (nSPS) is 17.5. The van der Waals surface area contributed by atoms with Crippen molar-refractivity contribution in [3.63, 3.8) is 0 Å². The fourth-order valence-electron chi connectivity index (χ4n) is 2.45. The molecule has 2 heterocycles. The minimum absolute atomic E-state index is 0.0329. The van der Waals surface area contributed by atoms with Crippen LogP contribution in [0.15, 0.2) is 42.7 Å². The van der Waals surface area contributed by atoms with E-state index in [4.69, 9.17) is 27.9 Å². The molecule has 3 rings (SSSR count). The van der Waals surface area contributed by atoms with E-state index in [-0.39, 0.29) is 12.0 Å². The van der Waals surface area contributed by atoms with Gasteiger partial charge >= 0.3 is 0 Å². The second-order valence-electron chi connectivity index (χ2n) is 5.10. The van der Waals surface area contributed by atoms with Crippen molar-refractivity contribution < 1.29 is 9.53 Å². The predicted molar refractivity (Wildman–Crippen MR) is 85.6 cm³/mol. The number of carbonyl (C=O) groups is 1. The third-order valence-corrected chi connectivity index (χ3v) is 4.05. The molecule has 0 unspecified atom stereocenters. The Balaban J connectivity index is 1.65. The number of amides is 1. The number of nitrogens with zero attached hydrogens (tertiary/aromatic N) is 2. The summed E-state index contributed by atoms with van der Waals surface area (Å²) in [5.41, 5.74) is 0.593. The van der Waals surface area contributed by atoms with Gasteiger partial charge in [0.05, 0.1) is 6.54 Å². The van der Waals surface area contributed by atoms with Gasteiger partial charge < -0.3 is 9.64 Å². The number of rotatable bonds is 3. The van der Waals surface area contributed by atoms with Crippen molar-refractivity contribution >= 4 is 29.1 Å². The number of hydrogen-bond donors (Lipinski definition) is 0. The molecule has 0 aliphatic carbocycles. The maximum Gasteiger partial charge on any atom is 0.254 e. The smallest absolute Gasteiger partial charge is 0.254 e. The van der Waals surface area contributed by atoms with Crippen molar-refractivity contribution in [2.45, 2.75) is 12.5 Å². The number of benzene rings is 1. The zero-order valence-corrected chi connectivity index (χ0v) is 13.2. The van der Waals surface area contributed by atoms with Gasteiger partial charge in [-0.2, -0.15) is 0 Å². The average molecular weight is 337 g/mol. The van der Waals surface area contributed by atoms with Crippen LogP contribution in [0.2, 0.25) is 10.0 Å². The van der Waals surface area contributed by atoms with Gasteiger partial charge in [-0.15, -0.1) is 0 Å². The Morgan fingerprint density at radius 3 is 2.95 bits per heavy atom. The predicted octanol–water partition coefficient (Wildman–Crippen LogP) is 3.68. The average Bonchev–Trinajstić information content (AvgIpc) is 2.97. The molecular formula is C16H14Cl2N2O2. The van der Waals surface area contributed by atoms with Gasteiger partial charge in [-0.05, 0) is 18.2 Å². The fourth-order valence-corrected chi connectivity index (χ4v) is 2.80. The fraction of sp³-hybridized carbons (Fsp3) is 0.250. The quantitative estimate of drug-likeness (QED) is 0.858. The van der Waals surface area contributed by atoms with Crippen molar-refractivity contribution in [3.8, 4) is 5.75 Å². The number of likely N-dealkylation sites (tertiary alicyclic amines) is 1. The van der Waals surface area contributed by atoms with E-state index in [1.807, 2.05) is 0 Å². The number of halogens is 2. The molecule has 0 radical (unpaired) electrons. The maximum atomic E-state index is 12.4. The molecule has 1 aliphatic heterocycles. The Labute approximate surface area is 138 Å². The number of aromatic nitrogens is 1. The third kappa shape index (κ3) is 3.34. The van der Waals surface area contributed by atoms with Crippen LogP contribution in [0.4, 0.5) is 0 Å². The Kier molecular flexibility index (Phi) is 4.50. The van der Waals surface area contributed by atoms with Gasteiger partial charge in [0.15, 0.2) is 0 Å². The van der Waals surface area contributed by atoms with Crippen LogP contribution in [0.1, 0.15) is 16.8 Å². The van der Waals surface area contributed by atoms with Crippen LogP contribution in [0.5, 0.6) is 5.75 Å². The molecule has 1 saturated heterocycles. The third-order valence-electron chi connectivity index (χ3n) is 3.53. The summed E-state index contributed by atoms with van der Waals surface area (Å²) in [6, 6.07) is 8.69. The summed E-state index contributed by atoms with van der Waals surface area (Å²) in [7, 11) is 0. The molecular weight excluding hydrogens is 323 g/mol. The summed E-state index contributed by atoms with van der Waals surface area (Å²) in [5.74, 6) is 0.563. The first-order valence-electron chi connectivity index (χ1n) is 6.94. The van der Waals surface area contributed by atoms with Crippen LogP contribution in [-0.4, -0.2) is 35.0 Å². The van der Waals surface area contributed by atoms with E-state index < -0.39 is 0 Å². The minimum atomic E-state index is -0.0666. The molecule has 0 N–H and O–H groups in total. The number of ether oxygens (including phenoxy) is 1. The first-order valence-corrected chi connectivity index (χ1v) is 7.70. The standard InChI is InChI=1S/C16H14Cl2N2O2/c17-12-3-1-2-11(8-12)16(21)20-7-5-13(10-20)22-15-4-6-19-9-14(15)18/h1-4,6,8-9,13H,5,7,10H2/t13-/m0/s1. The Hall–Kier alpha value is -1.78. The van der Waals surface area contributed by atoms with E-state index in [2.05, 4.69) is 4.98 Å². The largest absolute Gasteiger partial charge is 0.487 e. The molecule has 22 heavy (non-hydrogen) atoms.